The Balaban J connectivity index is 1.11. The summed E-state index contributed by atoms with van der Waals surface area (Å²) in [5.74, 6) is 0.273. The Kier molecular flexibility index (Phi) is 8.45. The van der Waals surface area contributed by atoms with Crippen LogP contribution in [0.5, 0.6) is 0 Å². The lowest BCUT2D eigenvalue weighted by Crippen LogP contribution is -2.42. The highest BCUT2D eigenvalue weighted by Gasteiger charge is 2.41. The van der Waals surface area contributed by atoms with Gasteiger partial charge in [-0.1, -0.05) is 157 Å². The zero-order chi connectivity index (χ0) is 45.2. The first-order valence-corrected chi connectivity index (χ1v) is 25.5. The molecule has 1 N–H and O–H groups in total. The maximum atomic E-state index is 4.26. The van der Waals surface area contributed by atoms with Crippen LogP contribution in [0.15, 0.2) is 121 Å². The molecule has 66 heavy (non-hydrogen) atoms. The molecule has 2 heterocycles. The van der Waals surface area contributed by atoms with Crippen molar-refractivity contribution in [2.75, 3.05) is 5.32 Å². The van der Waals surface area contributed by atoms with Crippen molar-refractivity contribution in [1.82, 2.24) is 0 Å². The van der Waals surface area contributed by atoms with Gasteiger partial charge in [-0.3, -0.25) is 0 Å². The number of anilines is 2. The third-order valence-corrected chi connectivity index (χ3v) is 18.6. The summed E-state index contributed by atoms with van der Waals surface area (Å²) < 4.78 is 2.77. The Morgan fingerprint density at radius 1 is 0.530 bits per heavy atom. The van der Waals surface area contributed by atoms with E-state index in [1.165, 1.54) is 151 Å². The van der Waals surface area contributed by atoms with Crippen LogP contribution in [0.25, 0.3) is 64.0 Å². The van der Waals surface area contributed by atoms with Crippen molar-refractivity contribution in [3.8, 4) is 22.3 Å². The second kappa shape index (κ2) is 13.7. The molecule has 1 atom stereocenters. The van der Waals surface area contributed by atoms with E-state index in [2.05, 4.69) is 189 Å². The first-order valence-electron chi connectivity index (χ1n) is 24.7. The standard InChI is InChI=1S/C63H60BNS/c1-35-29-45-47(62(6,7)27-25-60(45,2)3)33-51(35)65-50-23-24-52-56(44-32-46-48(34-53(44)66-52)63(8,9)28-26-61(46,4)5)58(50)57-40-18-13-11-16-37(40)30-43-42-31-38-22-21-36-15-10-12-17-39(36)54(38)41-19-14-20-49(55(41)42)64-59(43)57/h10-24,29-30,32-34,42,64-65H,25-28,31H2,1-9H3. The van der Waals surface area contributed by atoms with Crippen molar-refractivity contribution in [3.05, 3.63) is 166 Å². The summed E-state index contributed by atoms with van der Waals surface area (Å²) in [7, 11) is 0.908. The van der Waals surface area contributed by atoms with Gasteiger partial charge in [0.05, 0.1) is 0 Å². The molecule has 3 heteroatoms. The maximum absolute atomic E-state index is 4.26. The van der Waals surface area contributed by atoms with Gasteiger partial charge in [0.25, 0.3) is 0 Å². The van der Waals surface area contributed by atoms with Gasteiger partial charge in [-0.25, -0.2) is 0 Å². The third kappa shape index (κ3) is 5.78. The molecule has 1 nitrogen and oxygen atoms in total. The largest absolute Gasteiger partial charge is 0.355 e. The second-order valence-electron chi connectivity index (χ2n) is 23.4. The predicted octanol–water partition coefficient (Wildman–Crippen LogP) is 15.8. The van der Waals surface area contributed by atoms with Gasteiger partial charge in [0.15, 0.2) is 7.28 Å². The lowest BCUT2D eigenvalue weighted by Gasteiger charge is -2.42. The third-order valence-electron chi connectivity index (χ3n) is 17.5. The second-order valence-corrected chi connectivity index (χ2v) is 24.5. The van der Waals surface area contributed by atoms with Crippen LogP contribution in [0, 0.1) is 6.92 Å². The SMILES string of the molecule is Cc1cc2c(cc1Nc1ccc3sc4cc5c(cc4c3c1-c1c3c(cc4ccccc14)C1Cc4ccc6ccccc6c4-c4cccc(c41)B3)C(C)(C)CCC5(C)C)C(C)(C)CCC2(C)C. The molecule has 1 aromatic heterocycles. The van der Waals surface area contributed by atoms with Crippen molar-refractivity contribution < 1.29 is 0 Å². The Labute approximate surface area is 395 Å². The average Bonchev–Trinajstić information content (AvgIpc) is 3.67. The summed E-state index contributed by atoms with van der Waals surface area (Å²) >= 11 is 1.99. The minimum atomic E-state index is 0.104. The highest BCUT2D eigenvalue weighted by atomic mass is 32.1. The lowest BCUT2D eigenvalue weighted by atomic mass is 9.50. The van der Waals surface area contributed by atoms with Crippen LogP contribution in [0.4, 0.5) is 11.4 Å². The van der Waals surface area contributed by atoms with E-state index in [9.17, 15) is 0 Å². The van der Waals surface area contributed by atoms with Gasteiger partial charge in [0.2, 0.25) is 0 Å². The van der Waals surface area contributed by atoms with E-state index in [-0.39, 0.29) is 27.6 Å². The molecule has 0 spiro atoms. The molecule has 13 rings (SSSR count). The Bertz CT molecular complexity index is 3590. The normalized spacial score (nSPS) is 19.1. The van der Waals surface area contributed by atoms with Gasteiger partial charge in [0, 0.05) is 43.0 Å². The molecule has 0 radical (unpaired) electrons. The summed E-state index contributed by atoms with van der Waals surface area (Å²) in [6.45, 7) is 22.0. The van der Waals surface area contributed by atoms with Gasteiger partial charge in [-0.2, -0.15) is 0 Å². The van der Waals surface area contributed by atoms with Crippen LogP contribution in [0.3, 0.4) is 0 Å². The van der Waals surface area contributed by atoms with Crippen molar-refractivity contribution >= 4 is 82.6 Å². The van der Waals surface area contributed by atoms with Gasteiger partial charge in [-0.05, 0) is 174 Å². The molecule has 9 aromatic rings. The molecular formula is C63H60BNS. The molecule has 1 aliphatic heterocycles. The summed E-state index contributed by atoms with van der Waals surface area (Å²) in [4.78, 5) is 0. The van der Waals surface area contributed by atoms with Crippen LogP contribution in [0.2, 0.25) is 0 Å². The molecule has 3 aliphatic carbocycles. The minimum Gasteiger partial charge on any atom is -0.355 e. The van der Waals surface area contributed by atoms with Crippen LogP contribution < -0.4 is 16.2 Å². The molecule has 4 aliphatic rings. The Morgan fingerprint density at radius 2 is 1.17 bits per heavy atom. The lowest BCUT2D eigenvalue weighted by molar-refractivity contribution is 0.332. The molecule has 0 saturated heterocycles. The van der Waals surface area contributed by atoms with Crippen molar-refractivity contribution in [3.63, 3.8) is 0 Å². The van der Waals surface area contributed by atoms with Gasteiger partial charge in [-0.15, -0.1) is 11.3 Å². The number of fused-ring (bicyclic) bond motifs is 12. The fourth-order valence-electron chi connectivity index (χ4n) is 13.5. The van der Waals surface area contributed by atoms with Crippen LogP contribution in [-0.4, -0.2) is 7.28 Å². The molecule has 0 fully saturated rings. The predicted molar refractivity (Wildman–Crippen MR) is 289 cm³/mol. The van der Waals surface area contributed by atoms with E-state index in [1.807, 2.05) is 11.3 Å². The van der Waals surface area contributed by atoms with Crippen molar-refractivity contribution in [1.29, 1.82) is 0 Å². The number of hydrogen-bond acceptors (Lipinski definition) is 2. The molecule has 1 unspecified atom stereocenters. The maximum Gasteiger partial charge on any atom is 0.193 e. The van der Waals surface area contributed by atoms with E-state index in [0.29, 0.717) is 0 Å². The van der Waals surface area contributed by atoms with Gasteiger partial charge < -0.3 is 5.32 Å². The van der Waals surface area contributed by atoms with E-state index in [1.54, 1.807) is 5.56 Å². The highest BCUT2D eigenvalue weighted by molar-refractivity contribution is 7.26. The quantitative estimate of drug-likeness (QED) is 0.174. The fourth-order valence-corrected chi connectivity index (χ4v) is 14.6. The topological polar surface area (TPSA) is 12.0 Å². The first-order chi connectivity index (χ1) is 31.6. The fraction of sp³-hybridized carbons (Fsp3) is 0.302. The molecule has 0 amide bonds. The number of thiophene rings is 1. The zero-order valence-corrected chi connectivity index (χ0v) is 41.1. The summed E-state index contributed by atoms with van der Waals surface area (Å²) in [5, 5.41) is 12.4. The summed E-state index contributed by atoms with van der Waals surface area (Å²) in [6, 6.07) is 48.0. The zero-order valence-electron chi connectivity index (χ0n) is 40.3. The minimum absolute atomic E-state index is 0.104. The Morgan fingerprint density at radius 3 is 1.89 bits per heavy atom. The molecule has 0 saturated carbocycles. The van der Waals surface area contributed by atoms with Crippen LogP contribution in [-0.2, 0) is 28.1 Å². The van der Waals surface area contributed by atoms with E-state index in [0.717, 1.165) is 13.7 Å². The average molecular weight is 874 g/mol. The Hall–Kier alpha value is -5.64. The van der Waals surface area contributed by atoms with Gasteiger partial charge >= 0.3 is 0 Å². The van der Waals surface area contributed by atoms with E-state index in [4.69, 9.17) is 0 Å². The van der Waals surface area contributed by atoms with E-state index < -0.39 is 0 Å². The molecule has 326 valence electrons. The highest BCUT2D eigenvalue weighted by Crippen LogP contribution is 2.54. The number of rotatable bonds is 3. The summed E-state index contributed by atoms with van der Waals surface area (Å²) in [6.07, 6.45) is 5.82. The van der Waals surface area contributed by atoms with Gasteiger partial charge in [0.1, 0.15) is 0 Å². The van der Waals surface area contributed by atoms with Crippen molar-refractivity contribution in [2.45, 2.75) is 122 Å². The first kappa shape index (κ1) is 40.6. The molecular weight excluding hydrogens is 814 g/mol. The van der Waals surface area contributed by atoms with Crippen LogP contribution >= 0.6 is 11.3 Å². The van der Waals surface area contributed by atoms with Crippen LogP contribution in [0.1, 0.15) is 131 Å². The monoisotopic (exact) mass is 873 g/mol. The van der Waals surface area contributed by atoms with Crippen molar-refractivity contribution in [2.24, 2.45) is 0 Å². The summed E-state index contributed by atoms with van der Waals surface area (Å²) in [5.41, 5.74) is 23.4. The molecule has 8 aromatic carbocycles. The number of nitrogens with one attached hydrogen (secondary N) is 1. The number of aryl methyl sites for hydroxylation is 1. The number of benzene rings is 8. The number of hydrogen-bond donors (Lipinski definition) is 1. The smallest absolute Gasteiger partial charge is 0.193 e. The van der Waals surface area contributed by atoms with E-state index >= 15 is 0 Å². The molecule has 0 bridgehead atoms.